The average molecular weight is 376 g/mol. The monoisotopic (exact) mass is 375 g/mol. The third kappa shape index (κ3) is 4.19. The minimum absolute atomic E-state index is 0.0604. The van der Waals surface area contributed by atoms with Crippen LogP contribution in [0.15, 0.2) is 53.3 Å². The molecule has 1 aliphatic heterocycles. The molecular weight excluding hydrogens is 354 g/mol. The molecule has 6 heteroatoms. The Bertz CT molecular complexity index is 866. The molecule has 0 saturated carbocycles. The molecule has 0 saturated heterocycles. The summed E-state index contributed by atoms with van der Waals surface area (Å²) in [5.41, 5.74) is 1.92. The maximum absolute atomic E-state index is 12.9. The van der Waals surface area contributed by atoms with Crippen LogP contribution in [-0.2, 0) is 21.1 Å². The highest BCUT2D eigenvalue weighted by Crippen LogP contribution is 2.26. The highest BCUT2D eigenvalue weighted by molar-refractivity contribution is 7.94. The third-order valence-electron chi connectivity index (χ3n) is 4.25. The Morgan fingerprint density at radius 1 is 1.24 bits per heavy atom. The number of anilines is 1. The zero-order chi connectivity index (χ0) is 18.0. The van der Waals surface area contributed by atoms with E-state index in [0.717, 1.165) is 10.6 Å². The SMILES string of the molecule is CC(C)c1ccc(N(C(=O)Cc2cccs2)[C@@H]2C=CS(=O)(=O)C2)cc1. The van der Waals surface area contributed by atoms with Crippen molar-refractivity contribution in [3.8, 4) is 0 Å². The Morgan fingerprint density at radius 3 is 2.48 bits per heavy atom. The molecule has 2 heterocycles. The standard InChI is InChI=1S/C19H21NO3S2/c1-14(2)15-5-7-16(8-6-15)20(17-9-11-25(22,23)13-17)19(21)12-18-4-3-10-24-18/h3-11,14,17H,12-13H2,1-2H3/t17-/m1/s1. The van der Waals surface area contributed by atoms with Gasteiger partial charge in [0.1, 0.15) is 0 Å². The molecule has 0 N–H and O–H groups in total. The number of rotatable bonds is 5. The van der Waals surface area contributed by atoms with Gasteiger partial charge in [0, 0.05) is 16.0 Å². The predicted octanol–water partition coefficient (Wildman–Crippen LogP) is 3.76. The van der Waals surface area contributed by atoms with Gasteiger partial charge in [-0.1, -0.05) is 32.0 Å². The lowest BCUT2D eigenvalue weighted by atomic mass is 10.0. The van der Waals surface area contributed by atoms with Gasteiger partial charge in [-0.2, -0.15) is 0 Å². The van der Waals surface area contributed by atoms with Crippen LogP contribution < -0.4 is 4.90 Å². The quantitative estimate of drug-likeness (QED) is 0.800. The summed E-state index contributed by atoms with van der Waals surface area (Å²) >= 11 is 1.53. The zero-order valence-electron chi connectivity index (χ0n) is 14.3. The molecule has 3 rings (SSSR count). The first-order valence-corrected chi connectivity index (χ1v) is 10.8. The molecule has 0 fully saturated rings. The summed E-state index contributed by atoms with van der Waals surface area (Å²) in [7, 11) is -3.24. The Balaban J connectivity index is 1.91. The lowest BCUT2D eigenvalue weighted by Crippen LogP contribution is -2.42. The van der Waals surface area contributed by atoms with Gasteiger partial charge in [0.25, 0.3) is 0 Å². The van der Waals surface area contributed by atoms with Crippen LogP contribution in [0.1, 0.15) is 30.2 Å². The van der Waals surface area contributed by atoms with Crippen molar-refractivity contribution in [3.63, 3.8) is 0 Å². The van der Waals surface area contributed by atoms with E-state index in [1.54, 1.807) is 11.0 Å². The van der Waals surface area contributed by atoms with Crippen LogP contribution in [0.25, 0.3) is 0 Å². The molecule has 0 aliphatic carbocycles. The summed E-state index contributed by atoms with van der Waals surface area (Å²) in [5.74, 6) is 0.248. The van der Waals surface area contributed by atoms with Crippen molar-refractivity contribution < 1.29 is 13.2 Å². The molecule has 1 atom stereocenters. The summed E-state index contributed by atoms with van der Waals surface area (Å²) in [4.78, 5) is 15.5. The van der Waals surface area contributed by atoms with Crippen LogP contribution in [0, 0.1) is 0 Å². The zero-order valence-corrected chi connectivity index (χ0v) is 15.9. The first-order chi connectivity index (χ1) is 11.9. The molecule has 132 valence electrons. The predicted molar refractivity (Wildman–Crippen MR) is 103 cm³/mol. The number of carbonyl (C=O) groups is 1. The van der Waals surface area contributed by atoms with E-state index in [1.165, 1.54) is 22.3 Å². The van der Waals surface area contributed by atoms with Gasteiger partial charge in [-0.05, 0) is 41.1 Å². The second-order valence-electron chi connectivity index (χ2n) is 6.49. The first-order valence-electron chi connectivity index (χ1n) is 8.21. The molecule has 4 nitrogen and oxygen atoms in total. The fourth-order valence-electron chi connectivity index (χ4n) is 2.91. The van der Waals surface area contributed by atoms with Gasteiger partial charge < -0.3 is 4.90 Å². The maximum atomic E-state index is 12.9. The van der Waals surface area contributed by atoms with Gasteiger partial charge in [-0.15, -0.1) is 11.3 Å². The second kappa shape index (κ2) is 7.14. The molecule has 1 aromatic carbocycles. The Labute approximate surface area is 152 Å². The summed E-state index contributed by atoms with van der Waals surface area (Å²) < 4.78 is 23.7. The summed E-state index contributed by atoms with van der Waals surface area (Å²) in [6.45, 7) is 4.22. The molecule has 0 bridgehead atoms. The lowest BCUT2D eigenvalue weighted by Gasteiger charge is -2.28. The van der Waals surface area contributed by atoms with Crippen LogP contribution in [0.3, 0.4) is 0 Å². The van der Waals surface area contributed by atoms with E-state index >= 15 is 0 Å². The normalized spacial score (nSPS) is 18.6. The number of hydrogen-bond acceptors (Lipinski definition) is 4. The van der Waals surface area contributed by atoms with Crippen molar-refractivity contribution in [1.29, 1.82) is 0 Å². The van der Waals surface area contributed by atoms with Crippen molar-refractivity contribution in [2.75, 3.05) is 10.7 Å². The van der Waals surface area contributed by atoms with Gasteiger partial charge in [-0.25, -0.2) is 8.42 Å². The van der Waals surface area contributed by atoms with Crippen LogP contribution in [0.4, 0.5) is 5.69 Å². The molecule has 0 radical (unpaired) electrons. The minimum Gasteiger partial charge on any atom is -0.304 e. The van der Waals surface area contributed by atoms with Gasteiger partial charge >= 0.3 is 0 Å². The van der Waals surface area contributed by atoms with E-state index in [9.17, 15) is 13.2 Å². The highest BCUT2D eigenvalue weighted by Gasteiger charge is 2.31. The summed E-state index contributed by atoms with van der Waals surface area (Å²) in [6, 6.07) is 11.2. The number of benzene rings is 1. The third-order valence-corrected chi connectivity index (χ3v) is 6.51. The van der Waals surface area contributed by atoms with Crippen molar-refractivity contribution in [1.82, 2.24) is 0 Å². The molecule has 2 aromatic rings. The molecule has 1 aromatic heterocycles. The first kappa shape index (κ1) is 17.9. The van der Waals surface area contributed by atoms with Crippen molar-refractivity contribution in [3.05, 3.63) is 63.7 Å². The van der Waals surface area contributed by atoms with E-state index in [-0.39, 0.29) is 18.1 Å². The van der Waals surface area contributed by atoms with Gasteiger partial charge in [0.15, 0.2) is 9.84 Å². The van der Waals surface area contributed by atoms with Gasteiger partial charge in [0.2, 0.25) is 5.91 Å². The number of hydrogen-bond donors (Lipinski definition) is 0. The van der Waals surface area contributed by atoms with Gasteiger partial charge in [-0.3, -0.25) is 4.79 Å². The minimum atomic E-state index is -3.24. The largest absolute Gasteiger partial charge is 0.304 e. The number of amides is 1. The van der Waals surface area contributed by atoms with E-state index in [0.29, 0.717) is 5.92 Å². The molecule has 1 aliphatic rings. The molecular formula is C19H21NO3S2. The Kier molecular flexibility index (Phi) is 5.11. The molecule has 25 heavy (non-hydrogen) atoms. The van der Waals surface area contributed by atoms with Gasteiger partial charge in [0.05, 0.1) is 18.2 Å². The van der Waals surface area contributed by atoms with E-state index in [1.807, 2.05) is 41.8 Å². The lowest BCUT2D eigenvalue weighted by molar-refractivity contribution is -0.118. The molecule has 0 unspecified atom stereocenters. The fourth-order valence-corrected chi connectivity index (χ4v) is 4.87. The number of carbonyl (C=O) groups excluding carboxylic acids is 1. The summed E-state index contributed by atoms with van der Waals surface area (Å²) in [6.07, 6.45) is 1.88. The van der Waals surface area contributed by atoms with Crippen LogP contribution in [0.2, 0.25) is 0 Å². The average Bonchev–Trinajstić information content (AvgIpc) is 3.17. The number of thiophene rings is 1. The molecule has 1 amide bonds. The number of nitrogens with zero attached hydrogens (tertiary/aromatic N) is 1. The van der Waals surface area contributed by atoms with Crippen LogP contribution in [0.5, 0.6) is 0 Å². The van der Waals surface area contributed by atoms with Crippen molar-refractivity contribution in [2.45, 2.75) is 32.2 Å². The molecule has 0 spiro atoms. The highest BCUT2D eigenvalue weighted by atomic mass is 32.2. The van der Waals surface area contributed by atoms with E-state index < -0.39 is 15.9 Å². The topological polar surface area (TPSA) is 54.5 Å². The van der Waals surface area contributed by atoms with Crippen LogP contribution in [-0.4, -0.2) is 26.1 Å². The Hall–Kier alpha value is -1.92. The fraction of sp³-hybridized carbons (Fsp3) is 0.316. The maximum Gasteiger partial charge on any atom is 0.232 e. The van der Waals surface area contributed by atoms with E-state index in [4.69, 9.17) is 0 Å². The Morgan fingerprint density at radius 2 is 1.96 bits per heavy atom. The van der Waals surface area contributed by atoms with Crippen molar-refractivity contribution >= 4 is 32.8 Å². The number of sulfone groups is 1. The second-order valence-corrected chi connectivity index (χ2v) is 9.45. The van der Waals surface area contributed by atoms with Crippen LogP contribution >= 0.6 is 11.3 Å². The smallest absolute Gasteiger partial charge is 0.232 e. The van der Waals surface area contributed by atoms with Crippen molar-refractivity contribution in [2.24, 2.45) is 0 Å². The van der Waals surface area contributed by atoms with E-state index in [2.05, 4.69) is 13.8 Å². The summed E-state index contributed by atoms with van der Waals surface area (Å²) in [5, 5.41) is 3.15.